The van der Waals surface area contributed by atoms with Crippen molar-refractivity contribution >= 4 is 27.6 Å². The number of nitro benzene ring substituents is 1. The summed E-state index contributed by atoms with van der Waals surface area (Å²) in [7, 11) is 0. The van der Waals surface area contributed by atoms with E-state index in [4.69, 9.17) is 0 Å². The summed E-state index contributed by atoms with van der Waals surface area (Å²) >= 11 is 0. The maximum absolute atomic E-state index is 12.7. The predicted molar refractivity (Wildman–Crippen MR) is 104 cm³/mol. The van der Waals surface area contributed by atoms with Gasteiger partial charge >= 0.3 is 0 Å². The van der Waals surface area contributed by atoms with Crippen LogP contribution in [0.25, 0.3) is 33.2 Å². The van der Waals surface area contributed by atoms with E-state index in [2.05, 4.69) is 22.3 Å². The number of hydrogen-bond acceptors (Lipinski definition) is 5. The van der Waals surface area contributed by atoms with Crippen molar-refractivity contribution in [2.45, 2.75) is 13.3 Å². The number of nitro groups is 1. The number of nitrogens with zero attached hydrogens (tertiary/aromatic N) is 3. The van der Waals surface area contributed by atoms with Gasteiger partial charge in [0.2, 0.25) is 0 Å². The van der Waals surface area contributed by atoms with Gasteiger partial charge in [0.05, 0.1) is 16.0 Å². The average Bonchev–Trinajstić information content (AvgIpc) is 3.03. The molecule has 0 fully saturated rings. The molecular weight excluding hydrogens is 346 g/mol. The Morgan fingerprint density at radius 2 is 2.04 bits per heavy atom. The lowest BCUT2D eigenvalue weighted by Gasteiger charge is -2.07. The number of para-hydroxylation sites is 2. The quantitative estimate of drug-likeness (QED) is 0.417. The van der Waals surface area contributed by atoms with Crippen LogP contribution in [0.1, 0.15) is 13.3 Å². The molecule has 2 aromatic carbocycles. The Morgan fingerprint density at radius 3 is 2.81 bits per heavy atom. The van der Waals surface area contributed by atoms with Gasteiger partial charge in [-0.05, 0) is 18.6 Å². The van der Waals surface area contributed by atoms with Crippen LogP contribution in [0.2, 0.25) is 0 Å². The number of rotatable bonds is 5. The Balaban J connectivity index is 2.00. The van der Waals surface area contributed by atoms with E-state index >= 15 is 0 Å². The summed E-state index contributed by atoms with van der Waals surface area (Å²) in [6.07, 6.45) is 2.75. The molecule has 0 aliphatic rings. The molecule has 0 saturated heterocycles. The van der Waals surface area contributed by atoms with Gasteiger partial charge in [-0.3, -0.25) is 19.6 Å². The topological polar surface area (TPSA) is 106 Å². The van der Waals surface area contributed by atoms with E-state index in [-0.39, 0.29) is 22.5 Å². The van der Waals surface area contributed by atoms with Gasteiger partial charge < -0.3 is 10.4 Å². The first-order valence-electron chi connectivity index (χ1n) is 8.62. The molecule has 0 atom stereocenters. The Morgan fingerprint density at radius 1 is 1.22 bits per heavy atom. The Kier molecular flexibility index (Phi) is 4.08. The Bertz CT molecular complexity index is 1230. The number of non-ortho nitro benzene ring substituents is 1. The van der Waals surface area contributed by atoms with Crippen molar-refractivity contribution in [1.29, 1.82) is 0 Å². The van der Waals surface area contributed by atoms with Crippen LogP contribution >= 0.6 is 0 Å². The largest absolute Gasteiger partial charge is 0.326 e. The first kappa shape index (κ1) is 16.8. The molecule has 0 aliphatic heterocycles. The van der Waals surface area contributed by atoms with E-state index in [0.717, 1.165) is 23.9 Å². The van der Waals surface area contributed by atoms with Crippen molar-refractivity contribution in [1.82, 2.24) is 14.6 Å². The highest BCUT2D eigenvalue weighted by Gasteiger charge is 2.19. The first-order chi connectivity index (χ1) is 13.1. The molecule has 2 heterocycles. The summed E-state index contributed by atoms with van der Waals surface area (Å²) in [5.41, 5.74) is 4.94. The second-order valence-electron chi connectivity index (χ2n) is 6.18. The molecule has 4 rings (SSSR count). The number of aromatic nitrogens is 3. The van der Waals surface area contributed by atoms with Gasteiger partial charge in [-0.25, -0.2) is 4.98 Å². The minimum Gasteiger partial charge on any atom is -0.326 e. The van der Waals surface area contributed by atoms with E-state index in [1.54, 1.807) is 12.3 Å². The summed E-state index contributed by atoms with van der Waals surface area (Å²) in [5, 5.41) is 12.2. The van der Waals surface area contributed by atoms with Crippen LogP contribution in [0.5, 0.6) is 0 Å². The normalized spacial score (nSPS) is 11.1. The molecule has 0 amide bonds. The summed E-state index contributed by atoms with van der Waals surface area (Å²) in [5.74, 6) is 0. The molecule has 0 unspecified atom stereocenters. The van der Waals surface area contributed by atoms with E-state index in [0.29, 0.717) is 11.1 Å². The summed E-state index contributed by atoms with van der Waals surface area (Å²) in [6.45, 7) is 2.83. The molecule has 136 valence electrons. The van der Waals surface area contributed by atoms with E-state index in [1.807, 2.05) is 28.9 Å². The summed E-state index contributed by atoms with van der Waals surface area (Å²) < 4.78 is 1.86. The highest BCUT2D eigenvalue weighted by Crippen LogP contribution is 2.29. The lowest BCUT2D eigenvalue weighted by molar-refractivity contribution is -0.383. The molecular formula is C19H17N5O3. The van der Waals surface area contributed by atoms with Crippen LogP contribution in [0, 0.1) is 10.1 Å². The Labute approximate surface area is 153 Å². The molecule has 4 aromatic rings. The van der Waals surface area contributed by atoms with Crippen molar-refractivity contribution in [3.63, 3.8) is 0 Å². The second kappa shape index (κ2) is 6.56. The number of aromatic amines is 1. The predicted octanol–water partition coefficient (Wildman–Crippen LogP) is 3.41. The van der Waals surface area contributed by atoms with Gasteiger partial charge in [0, 0.05) is 29.8 Å². The van der Waals surface area contributed by atoms with Gasteiger partial charge in [-0.15, -0.1) is 0 Å². The van der Waals surface area contributed by atoms with Crippen LogP contribution in [0.3, 0.4) is 0 Å². The van der Waals surface area contributed by atoms with Gasteiger partial charge in [0.1, 0.15) is 5.69 Å². The van der Waals surface area contributed by atoms with Crippen LogP contribution in [-0.2, 0) is 0 Å². The lowest BCUT2D eigenvalue weighted by atomic mass is 10.1. The third-order valence-corrected chi connectivity index (χ3v) is 4.40. The molecule has 2 aromatic heterocycles. The van der Waals surface area contributed by atoms with Crippen molar-refractivity contribution < 1.29 is 4.92 Å². The molecule has 0 bridgehead atoms. The molecule has 0 aliphatic carbocycles. The van der Waals surface area contributed by atoms with Crippen molar-refractivity contribution in [2.24, 2.45) is 0 Å². The summed E-state index contributed by atoms with van der Waals surface area (Å²) in [6, 6.07) is 12.2. The number of nitrogens with one attached hydrogen (secondary N) is 2. The number of H-pyrrole nitrogens is 1. The third kappa shape index (κ3) is 2.80. The molecule has 2 N–H and O–H groups in total. The fourth-order valence-electron chi connectivity index (χ4n) is 3.16. The SMILES string of the molecule is CCCNn1cc(-c2nc3c([N+](=O)[O-])cccc3[nH]c2=O)c2ccccc21. The van der Waals surface area contributed by atoms with E-state index in [1.165, 1.54) is 12.1 Å². The average molecular weight is 363 g/mol. The molecule has 0 spiro atoms. The zero-order valence-electron chi connectivity index (χ0n) is 14.6. The maximum Gasteiger partial charge on any atom is 0.296 e. The molecule has 8 heteroatoms. The van der Waals surface area contributed by atoms with Gasteiger partial charge in [0.15, 0.2) is 5.52 Å². The monoisotopic (exact) mass is 363 g/mol. The number of benzene rings is 2. The molecule has 0 saturated carbocycles. The number of fused-ring (bicyclic) bond motifs is 2. The molecule has 0 radical (unpaired) electrons. The van der Waals surface area contributed by atoms with Crippen molar-refractivity contribution in [3.05, 3.63) is 69.1 Å². The third-order valence-electron chi connectivity index (χ3n) is 4.40. The zero-order chi connectivity index (χ0) is 19.0. The highest BCUT2D eigenvalue weighted by atomic mass is 16.6. The molecule has 8 nitrogen and oxygen atoms in total. The lowest BCUT2D eigenvalue weighted by Crippen LogP contribution is -2.14. The van der Waals surface area contributed by atoms with Gasteiger partial charge in [-0.1, -0.05) is 31.2 Å². The smallest absolute Gasteiger partial charge is 0.296 e. The standard InChI is InChI=1S/C19H17N5O3/c1-2-10-20-23-11-13(12-6-3-4-8-15(12)23)17-19(25)21-14-7-5-9-16(24(26)27)18(14)22-17/h3-9,11,20H,2,10H2,1H3,(H,21,25). The van der Waals surface area contributed by atoms with Crippen molar-refractivity contribution in [2.75, 3.05) is 12.0 Å². The van der Waals surface area contributed by atoms with E-state index < -0.39 is 4.92 Å². The fraction of sp³-hybridized carbons (Fsp3) is 0.158. The fourth-order valence-corrected chi connectivity index (χ4v) is 3.16. The van der Waals surface area contributed by atoms with E-state index in [9.17, 15) is 14.9 Å². The molecule has 27 heavy (non-hydrogen) atoms. The minimum atomic E-state index is -0.497. The van der Waals surface area contributed by atoms with Gasteiger partial charge in [-0.2, -0.15) is 0 Å². The minimum absolute atomic E-state index is 0.141. The van der Waals surface area contributed by atoms with Crippen LogP contribution in [-0.4, -0.2) is 26.1 Å². The van der Waals surface area contributed by atoms with Crippen LogP contribution < -0.4 is 11.0 Å². The van der Waals surface area contributed by atoms with Gasteiger partial charge in [0.25, 0.3) is 11.2 Å². The van der Waals surface area contributed by atoms with Crippen molar-refractivity contribution in [3.8, 4) is 11.3 Å². The van der Waals surface area contributed by atoms with Crippen LogP contribution in [0.4, 0.5) is 5.69 Å². The zero-order valence-corrected chi connectivity index (χ0v) is 14.6. The second-order valence-corrected chi connectivity index (χ2v) is 6.18. The first-order valence-corrected chi connectivity index (χ1v) is 8.62. The Hall–Kier alpha value is -3.68. The summed E-state index contributed by atoms with van der Waals surface area (Å²) in [4.78, 5) is 30.6. The van der Waals surface area contributed by atoms with Crippen LogP contribution in [0.15, 0.2) is 53.5 Å². The highest BCUT2D eigenvalue weighted by molar-refractivity contribution is 5.96. The number of hydrogen-bond donors (Lipinski definition) is 2. The maximum atomic E-state index is 12.7.